The fourth-order valence-electron chi connectivity index (χ4n) is 6.22. The topological polar surface area (TPSA) is 75.4 Å². The number of thiophene rings is 1. The standard InChI is InChI=1S/C31H31F2N3O3S/c32-31(33)12-11-23(21-7-3-1-4-8-21)24(17-31)28(37)35-15-13-30(39,14-16-35)19-36-20-34-26-25(29(36)38)18-40-27(26)22-9-5-2-6-10-22/h1-10,18,20,23-24,39H,11-17,19H2. The molecule has 4 aromatic rings. The Morgan fingerprint density at radius 3 is 2.40 bits per heavy atom. The predicted octanol–water partition coefficient (Wildman–Crippen LogP) is 5.70. The lowest BCUT2D eigenvalue weighted by molar-refractivity contribution is -0.148. The lowest BCUT2D eigenvalue weighted by Gasteiger charge is -2.42. The molecule has 2 unspecified atom stereocenters. The maximum absolute atomic E-state index is 14.4. The minimum Gasteiger partial charge on any atom is -0.388 e. The Labute approximate surface area is 234 Å². The monoisotopic (exact) mass is 563 g/mol. The summed E-state index contributed by atoms with van der Waals surface area (Å²) in [6.07, 6.45) is 1.56. The number of hydrogen-bond acceptors (Lipinski definition) is 5. The highest BCUT2D eigenvalue weighted by molar-refractivity contribution is 7.15. The van der Waals surface area contributed by atoms with Crippen LogP contribution in [0.15, 0.2) is 77.2 Å². The molecule has 1 aliphatic carbocycles. The van der Waals surface area contributed by atoms with Crippen LogP contribution in [0.5, 0.6) is 0 Å². The molecular weight excluding hydrogens is 532 g/mol. The van der Waals surface area contributed by atoms with E-state index in [4.69, 9.17) is 0 Å². The highest BCUT2D eigenvalue weighted by Gasteiger charge is 2.47. The van der Waals surface area contributed by atoms with Crippen LogP contribution in [0.1, 0.15) is 43.6 Å². The van der Waals surface area contributed by atoms with Crippen LogP contribution >= 0.6 is 11.3 Å². The molecule has 40 heavy (non-hydrogen) atoms. The second-order valence-corrected chi connectivity index (χ2v) is 12.0. The molecule has 2 fully saturated rings. The smallest absolute Gasteiger partial charge is 0.262 e. The highest BCUT2D eigenvalue weighted by Crippen LogP contribution is 2.46. The van der Waals surface area contributed by atoms with E-state index in [1.165, 1.54) is 22.2 Å². The Kier molecular flexibility index (Phi) is 7.04. The molecule has 9 heteroatoms. The van der Waals surface area contributed by atoms with Gasteiger partial charge in [-0.05, 0) is 36.3 Å². The fraction of sp³-hybridized carbons (Fsp3) is 0.387. The van der Waals surface area contributed by atoms with Crippen molar-refractivity contribution in [1.29, 1.82) is 0 Å². The van der Waals surface area contributed by atoms with Gasteiger partial charge in [0.05, 0.1) is 40.2 Å². The van der Waals surface area contributed by atoms with Crippen molar-refractivity contribution in [3.8, 4) is 10.4 Å². The van der Waals surface area contributed by atoms with E-state index in [2.05, 4.69) is 4.98 Å². The number of piperidine rings is 1. The first kappa shape index (κ1) is 26.8. The molecule has 2 atom stereocenters. The van der Waals surface area contributed by atoms with Crippen molar-refractivity contribution in [2.24, 2.45) is 5.92 Å². The number of nitrogens with zero attached hydrogens (tertiary/aromatic N) is 3. The van der Waals surface area contributed by atoms with Gasteiger partial charge in [-0.1, -0.05) is 60.7 Å². The Balaban J connectivity index is 1.16. The molecule has 3 heterocycles. The van der Waals surface area contributed by atoms with Gasteiger partial charge < -0.3 is 10.0 Å². The first-order valence-electron chi connectivity index (χ1n) is 13.7. The molecule has 1 aliphatic heterocycles. The van der Waals surface area contributed by atoms with Crippen molar-refractivity contribution in [3.63, 3.8) is 0 Å². The van der Waals surface area contributed by atoms with E-state index >= 15 is 0 Å². The van der Waals surface area contributed by atoms with Gasteiger partial charge in [0.1, 0.15) is 0 Å². The number of aliphatic hydroxyl groups is 1. The summed E-state index contributed by atoms with van der Waals surface area (Å²) in [4.78, 5) is 33.9. The molecule has 6 nitrogen and oxygen atoms in total. The SMILES string of the molecule is O=C(C1CC(F)(F)CCC1c1ccccc1)N1CCC(O)(Cn2cnc3c(-c4ccccc4)scc3c2=O)CC1. The second-order valence-electron chi connectivity index (χ2n) is 11.1. The number of carbonyl (C=O) groups excluding carboxylic acids is 1. The quantitative estimate of drug-likeness (QED) is 0.338. The third-order valence-electron chi connectivity index (χ3n) is 8.46. The normalized spacial score (nSPS) is 22.3. The summed E-state index contributed by atoms with van der Waals surface area (Å²) in [5.41, 5.74) is 1.13. The number of likely N-dealkylation sites (tertiary alicyclic amines) is 1. The van der Waals surface area contributed by atoms with Crippen molar-refractivity contribution in [2.75, 3.05) is 13.1 Å². The summed E-state index contributed by atoms with van der Waals surface area (Å²) in [5, 5.41) is 13.7. The van der Waals surface area contributed by atoms with Crippen molar-refractivity contribution in [3.05, 3.63) is 88.3 Å². The van der Waals surface area contributed by atoms with Gasteiger partial charge >= 0.3 is 0 Å². The molecule has 2 aromatic heterocycles. The molecule has 0 spiro atoms. The number of alkyl halides is 2. The molecule has 2 aromatic carbocycles. The van der Waals surface area contributed by atoms with Crippen LogP contribution in [-0.4, -0.2) is 50.1 Å². The molecule has 0 radical (unpaired) electrons. The highest BCUT2D eigenvalue weighted by atomic mass is 32.1. The summed E-state index contributed by atoms with van der Waals surface area (Å²) in [6, 6.07) is 19.2. The van der Waals surface area contributed by atoms with Gasteiger partial charge in [0, 0.05) is 31.3 Å². The number of benzene rings is 2. The number of halogens is 2. The van der Waals surface area contributed by atoms with Crippen molar-refractivity contribution in [2.45, 2.75) is 56.1 Å². The van der Waals surface area contributed by atoms with Crippen molar-refractivity contribution < 1.29 is 18.7 Å². The number of amides is 1. The molecule has 1 saturated carbocycles. The van der Waals surface area contributed by atoms with E-state index in [-0.39, 0.29) is 62.7 Å². The van der Waals surface area contributed by atoms with Crippen LogP contribution in [0.2, 0.25) is 0 Å². The molecule has 0 bridgehead atoms. The molecule has 1 saturated heterocycles. The lowest BCUT2D eigenvalue weighted by Crippen LogP contribution is -2.52. The minimum atomic E-state index is -2.86. The molecule has 1 N–H and O–H groups in total. The third-order valence-corrected chi connectivity index (χ3v) is 9.48. The summed E-state index contributed by atoms with van der Waals surface area (Å²) in [7, 11) is 0. The van der Waals surface area contributed by atoms with Gasteiger partial charge in [-0.2, -0.15) is 0 Å². The average Bonchev–Trinajstić information content (AvgIpc) is 3.40. The van der Waals surface area contributed by atoms with Gasteiger partial charge in [-0.25, -0.2) is 13.8 Å². The predicted molar refractivity (Wildman–Crippen MR) is 152 cm³/mol. The van der Waals surface area contributed by atoms with Gasteiger partial charge in [-0.15, -0.1) is 11.3 Å². The van der Waals surface area contributed by atoms with Crippen LogP contribution in [-0.2, 0) is 11.3 Å². The average molecular weight is 564 g/mol. The van der Waals surface area contributed by atoms with Gasteiger partial charge in [0.25, 0.3) is 5.56 Å². The third kappa shape index (κ3) is 5.20. The molecule has 208 valence electrons. The van der Waals surface area contributed by atoms with Crippen LogP contribution in [0.3, 0.4) is 0 Å². The largest absolute Gasteiger partial charge is 0.388 e. The van der Waals surface area contributed by atoms with E-state index in [9.17, 15) is 23.5 Å². The zero-order chi connectivity index (χ0) is 27.9. The number of aromatic nitrogens is 2. The van der Waals surface area contributed by atoms with E-state index in [0.717, 1.165) is 16.0 Å². The summed E-state index contributed by atoms with van der Waals surface area (Å²) < 4.78 is 30.3. The van der Waals surface area contributed by atoms with Crippen LogP contribution in [0.25, 0.3) is 21.3 Å². The summed E-state index contributed by atoms with van der Waals surface area (Å²) in [5.74, 6) is -4.19. The first-order valence-corrected chi connectivity index (χ1v) is 14.6. The Hall–Kier alpha value is -3.43. The molecule has 1 amide bonds. The summed E-state index contributed by atoms with van der Waals surface area (Å²) >= 11 is 1.46. The van der Waals surface area contributed by atoms with E-state index in [1.807, 2.05) is 60.7 Å². The number of rotatable bonds is 5. The molecular formula is C31H31F2N3O3S. The van der Waals surface area contributed by atoms with Crippen LogP contribution in [0, 0.1) is 5.92 Å². The molecule has 6 rings (SSSR count). The Morgan fingerprint density at radius 1 is 1.02 bits per heavy atom. The second kappa shape index (κ2) is 10.5. The zero-order valence-electron chi connectivity index (χ0n) is 22.0. The maximum atomic E-state index is 14.4. The number of fused-ring (bicyclic) bond motifs is 1. The van der Waals surface area contributed by atoms with E-state index in [1.54, 1.807) is 10.3 Å². The lowest BCUT2D eigenvalue weighted by atomic mass is 9.73. The van der Waals surface area contributed by atoms with Crippen LogP contribution in [0.4, 0.5) is 8.78 Å². The maximum Gasteiger partial charge on any atom is 0.262 e. The molecule has 2 aliphatic rings. The van der Waals surface area contributed by atoms with Gasteiger partial charge in [0.15, 0.2) is 0 Å². The first-order chi connectivity index (χ1) is 19.2. The van der Waals surface area contributed by atoms with Gasteiger partial charge in [0.2, 0.25) is 11.8 Å². The Bertz CT molecular complexity index is 1560. The van der Waals surface area contributed by atoms with Crippen LogP contribution < -0.4 is 5.56 Å². The minimum absolute atomic E-state index is 0.0570. The fourth-order valence-corrected chi connectivity index (χ4v) is 7.21. The summed E-state index contributed by atoms with van der Waals surface area (Å²) in [6.45, 7) is 0.557. The Morgan fingerprint density at radius 2 is 1.70 bits per heavy atom. The van der Waals surface area contributed by atoms with Crippen molar-refractivity contribution in [1.82, 2.24) is 14.5 Å². The van der Waals surface area contributed by atoms with Crippen molar-refractivity contribution >= 4 is 28.1 Å². The van der Waals surface area contributed by atoms with E-state index in [0.29, 0.717) is 10.9 Å². The number of carbonyl (C=O) groups is 1. The van der Waals surface area contributed by atoms with E-state index < -0.39 is 23.9 Å². The number of hydrogen-bond donors (Lipinski definition) is 1. The van der Waals surface area contributed by atoms with Gasteiger partial charge in [-0.3, -0.25) is 14.2 Å². The zero-order valence-corrected chi connectivity index (χ0v) is 22.8.